The van der Waals surface area contributed by atoms with E-state index in [1.165, 1.54) is 0 Å². The van der Waals surface area contributed by atoms with Gasteiger partial charge in [0.2, 0.25) is 5.91 Å². The van der Waals surface area contributed by atoms with Crippen molar-refractivity contribution in [2.24, 2.45) is 11.8 Å². The van der Waals surface area contributed by atoms with Crippen LogP contribution in [0.1, 0.15) is 37.8 Å². The molecule has 0 aromatic carbocycles. The maximum Gasteiger partial charge on any atom is 0.223 e. The number of allylic oxidation sites excluding steroid dienone is 2. The van der Waals surface area contributed by atoms with E-state index >= 15 is 0 Å². The molecule has 1 aromatic rings. The van der Waals surface area contributed by atoms with Crippen LogP contribution in [0.3, 0.4) is 0 Å². The van der Waals surface area contributed by atoms with E-state index in [0.29, 0.717) is 24.2 Å². The molecule has 1 atom stereocenters. The second-order valence-corrected chi connectivity index (χ2v) is 6.76. The highest BCUT2D eigenvalue weighted by molar-refractivity contribution is 5.76. The van der Waals surface area contributed by atoms with Crippen LogP contribution in [0, 0.1) is 11.8 Å². The zero-order valence-corrected chi connectivity index (χ0v) is 13.9. The Kier molecular flexibility index (Phi) is 5.43. The van der Waals surface area contributed by atoms with Gasteiger partial charge in [0.05, 0.1) is 5.69 Å². The normalized spacial score (nSPS) is 22.0. The van der Waals surface area contributed by atoms with E-state index in [2.05, 4.69) is 32.7 Å². The Morgan fingerprint density at radius 2 is 2.17 bits per heavy atom. The van der Waals surface area contributed by atoms with Crippen LogP contribution in [0.4, 0.5) is 0 Å². The van der Waals surface area contributed by atoms with Crippen LogP contribution in [0.5, 0.6) is 0 Å². The number of aromatic nitrogens is 3. The first-order valence-corrected chi connectivity index (χ1v) is 8.72. The van der Waals surface area contributed by atoms with Crippen molar-refractivity contribution in [3.63, 3.8) is 0 Å². The van der Waals surface area contributed by atoms with Crippen LogP contribution < -0.4 is 5.32 Å². The van der Waals surface area contributed by atoms with Crippen molar-refractivity contribution in [2.75, 3.05) is 20.1 Å². The molecule has 0 unspecified atom stereocenters. The van der Waals surface area contributed by atoms with Crippen molar-refractivity contribution >= 4 is 5.91 Å². The van der Waals surface area contributed by atoms with Gasteiger partial charge in [0.25, 0.3) is 0 Å². The summed E-state index contributed by atoms with van der Waals surface area (Å²) in [5, 5.41) is 11.4. The number of hydrogen-bond donors (Lipinski definition) is 1. The second-order valence-electron chi connectivity index (χ2n) is 6.76. The van der Waals surface area contributed by atoms with Crippen molar-refractivity contribution in [3.05, 3.63) is 24.0 Å². The summed E-state index contributed by atoms with van der Waals surface area (Å²) in [4.78, 5) is 14.4. The summed E-state index contributed by atoms with van der Waals surface area (Å²) in [5.74, 6) is 1.40. The third-order valence-electron chi connectivity index (χ3n) is 4.91. The number of nitrogens with one attached hydrogen (secondary N) is 1. The molecule has 2 aliphatic rings. The lowest BCUT2D eigenvalue weighted by molar-refractivity contribution is -0.133. The Morgan fingerprint density at radius 1 is 1.35 bits per heavy atom. The fourth-order valence-electron chi connectivity index (χ4n) is 3.54. The number of amides is 1. The first-order chi connectivity index (χ1) is 11.2. The number of nitrogens with zero attached hydrogens (tertiary/aromatic N) is 4. The number of hydrogen-bond acceptors (Lipinski definition) is 4. The molecule has 0 bridgehead atoms. The van der Waals surface area contributed by atoms with Gasteiger partial charge in [0.15, 0.2) is 0 Å². The van der Waals surface area contributed by atoms with Crippen LogP contribution in [-0.2, 0) is 17.9 Å². The maximum atomic E-state index is 12.4. The van der Waals surface area contributed by atoms with Crippen molar-refractivity contribution in [2.45, 2.75) is 45.2 Å². The second kappa shape index (κ2) is 7.73. The van der Waals surface area contributed by atoms with Crippen LogP contribution >= 0.6 is 0 Å². The molecule has 1 amide bonds. The zero-order valence-electron chi connectivity index (χ0n) is 13.9. The molecule has 1 fully saturated rings. The Balaban J connectivity index is 1.42. The van der Waals surface area contributed by atoms with Crippen molar-refractivity contribution in [1.29, 1.82) is 0 Å². The summed E-state index contributed by atoms with van der Waals surface area (Å²) in [6.45, 7) is 3.43. The van der Waals surface area contributed by atoms with Gasteiger partial charge < -0.3 is 10.2 Å². The summed E-state index contributed by atoms with van der Waals surface area (Å²) in [6, 6.07) is 0. The number of carbonyl (C=O) groups excluding carboxylic acids is 1. The molecule has 6 nitrogen and oxygen atoms in total. The van der Waals surface area contributed by atoms with E-state index in [0.717, 1.165) is 57.6 Å². The van der Waals surface area contributed by atoms with Gasteiger partial charge in [-0.25, -0.2) is 0 Å². The number of rotatable bonds is 6. The summed E-state index contributed by atoms with van der Waals surface area (Å²) in [6.07, 6.45) is 11.5. The highest BCUT2D eigenvalue weighted by atomic mass is 16.2. The van der Waals surface area contributed by atoms with Gasteiger partial charge in [-0.1, -0.05) is 17.4 Å². The summed E-state index contributed by atoms with van der Waals surface area (Å²) < 4.78 is 1.94. The van der Waals surface area contributed by atoms with E-state index in [4.69, 9.17) is 0 Å². The molecule has 0 saturated carbocycles. The molecule has 1 aliphatic carbocycles. The quantitative estimate of drug-likeness (QED) is 0.809. The summed E-state index contributed by atoms with van der Waals surface area (Å²) >= 11 is 0. The Bertz CT molecular complexity index is 545. The van der Waals surface area contributed by atoms with Gasteiger partial charge in [-0.3, -0.25) is 9.48 Å². The average molecular weight is 317 g/mol. The summed E-state index contributed by atoms with van der Waals surface area (Å²) in [7, 11) is 1.91. The lowest BCUT2D eigenvalue weighted by atomic mass is 9.95. The predicted octanol–water partition coefficient (Wildman–Crippen LogP) is 1.59. The Morgan fingerprint density at radius 3 is 2.87 bits per heavy atom. The molecule has 2 heterocycles. The average Bonchev–Trinajstić information content (AvgIpc) is 3.21. The van der Waals surface area contributed by atoms with Crippen LogP contribution in [0.2, 0.25) is 0 Å². The molecule has 126 valence electrons. The summed E-state index contributed by atoms with van der Waals surface area (Å²) in [5.41, 5.74) is 0.977. The lowest BCUT2D eigenvalue weighted by Crippen LogP contribution is -2.39. The zero-order chi connectivity index (χ0) is 16.1. The van der Waals surface area contributed by atoms with Crippen LogP contribution in [0.25, 0.3) is 0 Å². The van der Waals surface area contributed by atoms with Crippen LogP contribution in [-0.4, -0.2) is 45.9 Å². The maximum absolute atomic E-state index is 12.4. The standard InChI is InChI=1S/C17H27N5O/c1-18-11-16-13-22(20-19-16)12-15-6-8-21(9-7-15)17(23)10-14-4-2-3-5-14/h2,4,13-15,18H,3,5-12H2,1H3/t14-/m0/s1. The highest BCUT2D eigenvalue weighted by Gasteiger charge is 2.25. The van der Waals surface area contributed by atoms with Gasteiger partial charge in [0, 0.05) is 38.8 Å². The third kappa shape index (κ3) is 4.41. The minimum atomic E-state index is 0.331. The molecule has 0 spiro atoms. The molecular formula is C17H27N5O. The first-order valence-electron chi connectivity index (χ1n) is 8.72. The predicted molar refractivity (Wildman–Crippen MR) is 88.6 cm³/mol. The van der Waals surface area contributed by atoms with E-state index in [9.17, 15) is 4.79 Å². The topological polar surface area (TPSA) is 63.1 Å². The molecule has 1 aliphatic heterocycles. The Labute approximate surface area is 137 Å². The molecule has 1 saturated heterocycles. The fraction of sp³-hybridized carbons (Fsp3) is 0.706. The molecule has 1 aromatic heterocycles. The van der Waals surface area contributed by atoms with Crippen molar-refractivity contribution in [1.82, 2.24) is 25.2 Å². The molecule has 0 radical (unpaired) electrons. The fourth-order valence-corrected chi connectivity index (χ4v) is 3.54. The molecular weight excluding hydrogens is 290 g/mol. The molecule has 23 heavy (non-hydrogen) atoms. The van der Waals surface area contributed by atoms with E-state index in [1.807, 2.05) is 17.9 Å². The highest BCUT2D eigenvalue weighted by Crippen LogP contribution is 2.24. The van der Waals surface area contributed by atoms with Gasteiger partial charge in [0.1, 0.15) is 0 Å². The van der Waals surface area contributed by atoms with Gasteiger partial charge >= 0.3 is 0 Å². The first kappa shape index (κ1) is 16.2. The van der Waals surface area contributed by atoms with E-state index in [-0.39, 0.29) is 0 Å². The molecule has 3 rings (SSSR count). The smallest absolute Gasteiger partial charge is 0.223 e. The number of carbonyl (C=O) groups is 1. The monoisotopic (exact) mass is 317 g/mol. The van der Waals surface area contributed by atoms with Crippen molar-refractivity contribution < 1.29 is 4.79 Å². The number of likely N-dealkylation sites (tertiary alicyclic amines) is 1. The molecule has 1 N–H and O–H groups in total. The minimum absolute atomic E-state index is 0.331. The van der Waals surface area contributed by atoms with Gasteiger partial charge in [-0.15, -0.1) is 5.10 Å². The van der Waals surface area contributed by atoms with Crippen LogP contribution in [0.15, 0.2) is 18.3 Å². The largest absolute Gasteiger partial charge is 0.343 e. The lowest BCUT2D eigenvalue weighted by Gasteiger charge is -2.32. The third-order valence-corrected chi connectivity index (χ3v) is 4.91. The van der Waals surface area contributed by atoms with Gasteiger partial charge in [-0.2, -0.15) is 0 Å². The number of piperidine rings is 1. The van der Waals surface area contributed by atoms with Gasteiger partial charge in [-0.05, 0) is 44.6 Å². The Hall–Kier alpha value is -1.69. The SMILES string of the molecule is CNCc1cn(CC2CCN(C(=O)C[C@H]3C=CCC3)CC2)nn1. The van der Waals surface area contributed by atoms with Crippen molar-refractivity contribution in [3.8, 4) is 0 Å². The minimum Gasteiger partial charge on any atom is -0.343 e. The van der Waals surface area contributed by atoms with E-state index < -0.39 is 0 Å². The van der Waals surface area contributed by atoms with E-state index in [1.54, 1.807) is 0 Å². The molecule has 6 heteroatoms.